The van der Waals surface area contributed by atoms with Gasteiger partial charge < -0.3 is 15.0 Å². The maximum absolute atomic E-state index is 12.3. The van der Waals surface area contributed by atoms with E-state index < -0.39 is 0 Å². The molecule has 1 fully saturated rings. The van der Waals surface area contributed by atoms with Crippen LogP contribution in [0, 0.1) is 0 Å². The third-order valence-electron chi connectivity index (χ3n) is 4.38. The highest BCUT2D eigenvalue weighted by Crippen LogP contribution is 2.19. The van der Waals surface area contributed by atoms with Gasteiger partial charge in [0.2, 0.25) is 5.91 Å². The Bertz CT molecular complexity index is 1040. The number of aromatic amines is 1. The molecule has 0 spiro atoms. The molecule has 1 aliphatic rings. The molecule has 0 radical (unpaired) electrons. The number of H-pyrrole nitrogens is 1. The number of ether oxygens (including phenoxy) is 1. The smallest absolute Gasteiger partial charge is 0.262 e. The van der Waals surface area contributed by atoms with Crippen molar-refractivity contribution in [3.8, 4) is 5.69 Å². The number of nitrogens with zero attached hydrogens (tertiary/aromatic N) is 3. The predicted molar refractivity (Wildman–Crippen MR) is 107 cm³/mol. The first kappa shape index (κ1) is 19.0. The van der Waals surface area contributed by atoms with Gasteiger partial charge in [-0.2, -0.15) is 5.10 Å². The van der Waals surface area contributed by atoms with Gasteiger partial charge in [0, 0.05) is 18.2 Å². The summed E-state index contributed by atoms with van der Waals surface area (Å²) < 4.78 is 7.06. The van der Waals surface area contributed by atoms with E-state index in [1.165, 1.54) is 18.0 Å². The van der Waals surface area contributed by atoms with Gasteiger partial charge in [0.05, 0.1) is 23.7 Å². The van der Waals surface area contributed by atoms with E-state index in [1.54, 1.807) is 28.9 Å². The molecule has 3 heterocycles. The molecular formula is C18H18ClN5O3S. The summed E-state index contributed by atoms with van der Waals surface area (Å²) in [5.74, 6) is 0.0189. The maximum atomic E-state index is 12.3. The fraction of sp³-hybridized carbons (Fsp3) is 0.333. The van der Waals surface area contributed by atoms with Gasteiger partial charge in [-0.25, -0.2) is 9.67 Å². The molecule has 3 aromatic rings. The Morgan fingerprint density at radius 3 is 2.96 bits per heavy atom. The minimum atomic E-state index is -0.299. The zero-order valence-electron chi connectivity index (χ0n) is 14.9. The number of aromatic nitrogens is 4. The number of hydrogen-bond donors (Lipinski definition) is 2. The molecule has 0 unspecified atom stereocenters. The van der Waals surface area contributed by atoms with Crippen molar-refractivity contribution in [3.63, 3.8) is 0 Å². The highest BCUT2D eigenvalue weighted by molar-refractivity contribution is 7.99. The standard InChI is InChI=1S/C18H18ClN5O3S/c19-11-3-5-12(6-4-11)24-16-14(9-21-24)17(26)23-18(22-16)28-10-15(25)20-8-13-2-1-7-27-13/h3-6,9,13H,1-2,7-8,10H2,(H,20,25)(H,22,23,26)/t13-/m1/s1. The van der Waals surface area contributed by atoms with Crippen molar-refractivity contribution in [1.29, 1.82) is 0 Å². The summed E-state index contributed by atoms with van der Waals surface area (Å²) in [6.07, 6.45) is 3.56. The summed E-state index contributed by atoms with van der Waals surface area (Å²) in [6.45, 7) is 1.26. The Kier molecular flexibility index (Phi) is 5.65. The van der Waals surface area contributed by atoms with Gasteiger partial charge in [-0.3, -0.25) is 9.59 Å². The Labute approximate surface area is 169 Å². The van der Waals surface area contributed by atoms with Crippen molar-refractivity contribution in [3.05, 3.63) is 45.8 Å². The number of carbonyl (C=O) groups is 1. The molecule has 0 aliphatic carbocycles. The van der Waals surface area contributed by atoms with Gasteiger partial charge in [-0.05, 0) is 37.1 Å². The molecule has 0 saturated carbocycles. The monoisotopic (exact) mass is 419 g/mol. The number of hydrogen-bond acceptors (Lipinski definition) is 6. The Morgan fingerprint density at radius 2 is 2.21 bits per heavy atom. The molecule has 28 heavy (non-hydrogen) atoms. The van der Waals surface area contributed by atoms with Crippen LogP contribution in [0.2, 0.25) is 5.02 Å². The van der Waals surface area contributed by atoms with Crippen LogP contribution in [0.3, 0.4) is 0 Å². The first-order valence-corrected chi connectivity index (χ1v) is 10.2. The molecule has 0 bridgehead atoms. The Hall–Kier alpha value is -2.36. The highest BCUT2D eigenvalue weighted by Gasteiger charge is 2.17. The van der Waals surface area contributed by atoms with Crippen molar-refractivity contribution in [1.82, 2.24) is 25.1 Å². The van der Waals surface area contributed by atoms with Crippen molar-refractivity contribution in [2.75, 3.05) is 18.9 Å². The van der Waals surface area contributed by atoms with Crippen LogP contribution in [0.1, 0.15) is 12.8 Å². The molecule has 1 saturated heterocycles. The van der Waals surface area contributed by atoms with Gasteiger partial charge in [0.1, 0.15) is 5.39 Å². The minimum Gasteiger partial charge on any atom is -0.376 e. The number of rotatable bonds is 6. The summed E-state index contributed by atoms with van der Waals surface area (Å²) in [5, 5.41) is 8.45. The van der Waals surface area contributed by atoms with Crippen molar-refractivity contribution in [2.24, 2.45) is 0 Å². The minimum absolute atomic E-state index is 0.0944. The summed E-state index contributed by atoms with van der Waals surface area (Å²) in [5.41, 5.74) is 0.864. The maximum Gasteiger partial charge on any atom is 0.262 e. The van der Waals surface area contributed by atoms with Gasteiger partial charge in [0.15, 0.2) is 10.8 Å². The van der Waals surface area contributed by atoms with Crippen LogP contribution in [0.25, 0.3) is 16.7 Å². The van der Waals surface area contributed by atoms with Crippen molar-refractivity contribution < 1.29 is 9.53 Å². The first-order valence-electron chi connectivity index (χ1n) is 8.85. The van der Waals surface area contributed by atoms with E-state index in [9.17, 15) is 9.59 Å². The lowest BCUT2D eigenvalue weighted by Crippen LogP contribution is -2.33. The van der Waals surface area contributed by atoms with E-state index >= 15 is 0 Å². The number of fused-ring (bicyclic) bond motifs is 1. The lowest BCUT2D eigenvalue weighted by atomic mass is 10.2. The third kappa shape index (κ3) is 4.21. The van der Waals surface area contributed by atoms with E-state index in [1.807, 2.05) is 0 Å². The molecule has 1 atom stereocenters. The van der Waals surface area contributed by atoms with E-state index in [2.05, 4.69) is 20.4 Å². The largest absolute Gasteiger partial charge is 0.376 e. The van der Waals surface area contributed by atoms with Crippen LogP contribution in [-0.4, -0.2) is 50.7 Å². The molecule has 10 heteroatoms. The van der Waals surface area contributed by atoms with E-state index in [-0.39, 0.29) is 23.3 Å². The number of nitrogens with one attached hydrogen (secondary N) is 2. The Morgan fingerprint density at radius 1 is 1.39 bits per heavy atom. The van der Waals surface area contributed by atoms with Crippen LogP contribution >= 0.6 is 23.4 Å². The molecule has 8 nitrogen and oxygen atoms in total. The zero-order valence-corrected chi connectivity index (χ0v) is 16.4. The molecule has 1 aliphatic heterocycles. The van der Waals surface area contributed by atoms with Crippen molar-refractivity contribution in [2.45, 2.75) is 24.1 Å². The predicted octanol–water partition coefficient (Wildman–Crippen LogP) is 2.15. The summed E-state index contributed by atoms with van der Waals surface area (Å²) in [7, 11) is 0. The molecular weight excluding hydrogens is 402 g/mol. The molecule has 2 aromatic heterocycles. The highest BCUT2D eigenvalue weighted by atomic mass is 35.5. The number of benzene rings is 1. The quantitative estimate of drug-likeness (QED) is 0.469. The van der Waals surface area contributed by atoms with Crippen LogP contribution in [0.5, 0.6) is 0 Å². The second-order valence-corrected chi connectivity index (χ2v) is 7.77. The van der Waals surface area contributed by atoms with Gasteiger partial charge in [0.25, 0.3) is 5.56 Å². The molecule has 1 amide bonds. The second-order valence-electron chi connectivity index (χ2n) is 6.37. The molecule has 1 aromatic carbocycles. The van der Waals surface area contributed by atoms with Crippen LogP contribution < -0.4 is 10.9 Å². The van der Waals surface area contributed by atoms with E-state index in [0.29, 0.717) is 27.8 Å². The van der Waals surface area contributed by atoms with Gasteiger partial charge >= 0.3 is 0 Å². The van der Waals surface area contributed by atoms with Crippen LogP contribution in [0.15, 0.2) is 40.4 Å². The number of halogens is 1. The van der Waals surface area contributed by atoms with Gasteiger partial charge in [-0.1, -0.05) is 23.4 Å². The molecule has 146 valence electrons. The SMILES string of the molecule is O=C(CSc1nc2c(cnn2-c2ccc(Cl)cc2)c(=O)[nH]1)NC[C@H]1CCCO1. The first-order chi connectivity index (χ1) is 13.6. The summed E-state index contributed by atoms with van der Waals surface area (Å²) in [6, 6.07) is 7.07. The number of amides is 1. The van der Waals surface area contributed by atoms with Crippen molar-refractivity contribution >= 4 is 40.3 Å². The normalized spacial score (nSPS) is 16.5. The average molecular weight is 420 g/mol. The molecule has 4 rings (SSSR count). The number of thioether (sulfide) groups is 1. The third-order valence-corrected chi connectivity index (χ3v) is 5.50. The number of carbonyl (C=O) groups excluding carboxylic acids is 1. The van der Waals surface area contributed by atoms with Crippen LogP contribution in [0.4, 0.5) is 0 Å². The Balaban J connectivity index is 1.48. The fourth-order valence-corrected chi connectivity index (χ4v) is 3.77. The topological polar surface area (TPSA) is 102 Å². The lowest BCUT2D eigenvalue weighted by Gasteiger charge is -2.10. The summed E-state index contributed by atoms with van der Waals surface area (Å²) in [4.78, 5) is 31.6. The molecule has 2 N–H and O–H groups in total. The summed E-state index contributed by atoms with van der Waals surface area (Å²) >= 11 is 7.10. The van der Waals surface area contributed by atoms with E-state index in [0.717, 1.165) is 25.1 Å². The average Bonchev–Trinajstić information content (AvgIpc) is 3.35. The lowest BCUT2D eigenvalue weighted by molar-refractivity contribution is -0.119. The fourth-order valence-electron chi connectivity index (χ4n) is 2.96. The van der Waals surface area contributed by atoms with E-state index in [4.69, 9.17) is 16.3 Å². The van der Waals surface area contributed by atoms with Gasteiger partial charge in [-0.15, -0.1) is 0 Å². The zero-order chi connectivity index (χ0) is 19.5. The second kappa shape index (κ2) is 8.34. The van der Waals surface area contributed by atoms with Crippen LogP contribution in [-0.2, 0) is 9.53 Å².